The molecule has 2 atom stereocenters. The summed E-state index contributed by atoms with van der Waals surface area (Å²) in [6.07, 6.45) is 6.75. The van der Waals surface area contributed by atoms with E-state index in [-0.39, 0.29) is 12.0 Å². The zero-order valence-corrected chi connectivity index (χ0v) is 8.86. The summed E-state index contributed by atoms with van der Waals surface area (Å²) < 4.78 is 9.77. The molecule has 80 valence electrons. The second kappa shape index (κ2) is 5.68. The van der Waals surface area contributed by atoms with Crippen LogP contribution >= 0.6 is 0 Å². The molecule has 0 saturated carbocycles. The van der Waals surface area contributed by atoms with Crippen molar-refractivity contribution in [2.75, 3.05) is 6.61 Å². The number of unbranched alkanes of at least 4 members (excludes halogenated alkanes) is 1. The average molecular weight is 198 g/mol. The molecule has 3 nitrogen and oxygen atoms in total. The highest BCUT2D eigenvalue weighted by molar-refractivity contribution is 5.60. The van der Waals surface area contributed by atoms with Gasteiger partial charge >= 0.3 is 6.16 Å². The molecule has 1 rings (SSSR count). The van der Waals surface area contributed by atoms with Gasteiger partial charge in [0.2, 0.25) is 0 Å². The highest BCUT2D eigenvalue weighted by atomic mass is 16.7. The monoisotopic (exact) mass is 198 g/mol. The Morgan fingerprint density at radius 2 is 2.43 bits per heavy atom. The first-order chi connectivity index (χ1) is 6.74. The maximum absolute atomic E-state index is 10.8. The lowest BCUT2D eigenvalue weighted by Crippen LogP contribution is -2.31. The van der Waals surface area contributed by atoms with Gasteiger partial charge in [0, 0.05) is 12.3 Å². The first kappa shape index (κ1) is 11.1. The topological polar surface area (TPSA) is 35.5 Å². The van der Waals surface area contributed by atoms with E-state index in [0.29, 0.717) is 6.61 Å². The Bertz CT molecular complexity index is 211. The maximum atomic E-state index is 10.8. The van der Waals surface area contributed by atoms with Crippen LogP contribution in [0.1, 0.15) is 33.1 Å². The van der Waals surface area contributed by atoms with Gasteiger partial charge in [0.05, 0.1) is 6.61 Å². The van der Waals surface area contributed by atoms with Gasteiger partial charge in [-0.3, -0.25) is 0 Å². The highest BCUT2D eigenvalue weighted by Gasteiger charge is 2.25. The molecule has 1 heterocycles. The van der Waals surface area contributed by atoms with Crippen LogP contribution in [0.15, 0.2) is 12.2 Å². The van der Waals surface area contributed by atoms with Crippen LogP contribution in [0.2, 0.25) is 0 Å². The molecule has 3 heteroatoms. The van der Waals surface area contributed by atoms with Crippen LogP contribution in [-0.2, 0) is 9.47 Å². The number of rotatable bonds is 4. The minimum atomic E-state index is -0.531. The third kappa shape index (κ3) is 3.40. The molecule has 0 radical (unpaired) electrons. The van der Waals surface area contributed by atoms with Crippen molar-refractivity contribution >= 4 is 6.16 Å². The lowest BCUT2D eigenvalue weighted by Gasteiger charge is -2.25. The van der Waals surface area contributed by atoms with Crippen molar-refractivity contribution in [3.05, 3.63) is 12.2 Å². The molecular weight excluding hydrogens is 180 g/mol. The van der Waals surface area contributed by atoms with E-state index in [9.17, 15) is 4.79 Å². The van der Waals surface area contributed by atoms with Crippen molar-refractivity contribution in [2.24, 2.45) is 5.92 Å². The third-order valence-electron chi connectivity index (χ3n) is 2.35. The number of ether oxygens (including phenoxy) is 2. The number of allylic oxidation sites excluding steroid dienone is 1. The molecule has 1 fully saturated rings. The fraction of sp³-hybridized carbons (Fsp3) is 0.727. The molecule has 0 aromatic rings. The Kier molecular flexibility index (Phi) is 4.50. The van der Waals surface area contributed by atoms with Gasteiger partial charge in [-0.1, -0.05) is 32.4 Å². The molecule has 0 unspecified atom stereocenters. The number of carbonyl (C=O) groups is 1. The van der Waals surface area contributed by atoms with Crippen molar-refractivity contribution in [2.45, 2.75) is 39.2 Å². The van der Waals surface area contributed by atoms with Crippen molar-refractivity contribution in [1.82, 2.24) is 0 Å². The Hall–Kier alpha value is -0.990. The summed E-state index contributed by atoms with van der Waals surface area (Å²) in [6.45, 7) is 4.69. The van der Waals surface area contributed by atoms with Crippen molar-refractivity contribution < 1.29 is 14.3 Å². The molecule has 0 aromatic heterocycles. The summed E-state index contributed by atoms with van der Waals surface area (Å²) >= 11 is 0. The van der Waals surface area contributed by atoms with Crippen LogP contribution in [0.5, 0.6) is 0 Å². The summed E-state index contributed by atoms with van der Waals surface area (Å²) in [5.74, 6) is 0.286. The molecule has 1 saturated heterocycles. The van der Waals surface area contributed by atoms with Crippen LogP contribution < -0.4 is 0 Å². The summed E-state index contributed by atoms with van der Waals surface area (Å²) in [5.41, 5.74) is 0. The molecule has 0 aliphatic carbocycles. The smallest absolute Gasteiger partial charge is 0.434 e. The predicted molar refractivity (Wildman–Crippen MR) is 54.1 cm³/mol. The molecule has 0 spiro atoms. The molecule has 1 aliphatic rings. The molecular formula is C11H18O3. The summed E-state index contributed by atoms with van der Waals surface area (Å²) in [5, 5.41) is 0. The number of hydrogen-bond acceptors (Lipinski definition) is 3. The minimum Gasteiger partial charge on any atom is -0.434 e. The lowest BCUT2D eigenvalue weighted by atomic mass is 10.0. The van der Waals surface area contributed by atoms with Crippen LogP contribution in [0, 0.1) is 5.92 Å². The Morgan fingerprint density at radius 1 is 1.64 bits per heavy atom. The normalized spacial score (nSPS) is 24.4. The second-order valence-corrected chi connectivity index (χ2v) is 3.62. The van der Waals surface area contributed by atoms with Gasteiger partial charge in [0.1, 0.15) is 6.10 Å². The number of carbonyl (C=O) groups excluding carboxylic acids is 1. The highest BCUT2D eigenvalue weighted by Crippen LogP contribution is 2.18. The van der Waals surface area contributed by atoms with Gasteiger partial charge in [-0.25, -0.2) is 4.79 Å². The van der Waals surface area contributed by atoms with Crippen LogP contribution in [-0.4, -0.2) is 18.9 Å². The van der Waals surface area contributed by atoms with E-state index in [1.54, 1.807) is 0 Å². The van der Waals surface area contributed by atoms with Gasteiger partial charge in [0.25, 0.3) is 0 Å². The second-order valence-electron chi connectivity index (χ2n) is 3.62. The SMILES string of the molecule is CCC/C=C/[C@H](C)[C@H]1CCOC(=O)O1. The van der Waals surface area contributed by atoms with Gasteiger partial charge in [0.15, 0.2) is 0 Å². The fourth-order valence-electron chi connectivity index (χ4n) is 1.45. The zero-order chi connectivity index (χ0) is 10.4. The van der Waals surface area contributed by atoms with E-state index in [0.717, 1.165) is 19.3 Å². The van der Waals surface area contributed by atoms with Crippen molar-refractivity contribution in [3.8, 4) is 0 Å². The number of cyclic esters (lactones) is 2. The zero-order valence-electron chi connectivity index (χ0n) is 8.86. The molecule has 0 amide bonds. The largest absolute Gasteiger partial charge is 0.508 e. The third-order valence-corrected chi connectivity index (χ3v) is 2.35. The summed E-state index contributed by atoms with van der Waals surface area (Å²) in [6, 6.07) is 0. The van der Waals surface area contributed by atoms with Crippen LogP contribution in [0.3, 0.4) is 0 Å². The Labute approximate surface area is 85.1 Å². The molecule has 1 aliphatic heterocycles. The standard InChI is InChI=1S/C11H18O3/c1-3-4-5-6-9(2)10-7-8-13-11(12)14-10/h5-6,9-10H,3-4,7-8H2,1-2H3/b6-5+/t9-,10+/m0/s1. The Balaban J connectivity index is 2.35. The molecule has 0 bridgehead atoms. The molecule has 0 aromatic carbocycles. The summed E-state index contributed by atoms with van der Waals surface area (Å²) in [7, 11) is 0. The average Bonchev–Trinajstić information content (AvgIpc) is 2.18. The molecule has 14 heavy (non-hydrogen) atoms. The van der Waals surface area contributed by atoms with E-state index >= 15 is 0 Å². The van der Waals surface area contributed by atoms with E-state index in [1.165, 1.54) is 0 Å². The van der Waals surface area contributed by atoms with E-state index in [1.807, 2.05) is 0 Å². The fourth-order valence-corrected chi connectivity index (χ4v) is 1.45. The first-order valence-corrected chi connectivity index (χ1v) is 5.24. The van der Waals surface area contributed by atoms with E-state index in [4.69, 9.17) is 9.47 Å². The Morgan fingerprint density at radius 3 is 3.07 bits per heavy atom. The van der Waals surface area contributed by atoms with E-state index < -0.39 is 6.16 Å². The number of hydrogen-bond donors (Lipinski definition) is 0. The van der Waals surface area contributed by atoms with Crippen molar-refractivity contribution in [3.63, 3.8) is 0 Å². The van der Waals surface area contributed by atoms with Gasteiger partial charge in [-0.2, -0.15) is 0 Å². The molecule has 0 N–H and O–H groups in total. The summed E-state index contributed by atoms with van der Waals surface area (Å²) in [4.78, 5) is 10.8. The van der Waals surface area contributed by atoms with Gasteiger partial charge < -0.3 is 9.47 Å². The predicted octanol–water partition coefficient (Wildman–Crippen LogP) is 2.90. The van der Waals surface area contributed by atoms with Gasteiger partial charge in [-0.15, -0.1) is 0 Å². The van der Waals surface area contributed by atoms with Gasteiger partial charge in [-0.05, 0) is 6.42 Å². The van der Waals surface area contributed by atoms with Crippen LogP contribution in [0.4, 0.5) is 4.79 Å². The van der Waals surface area contributed by atoms with E-state index in [2.05, 4.69) is 26.0 Å². The maximum Gasteiger partial charge on any atom is 0.508 e. The first-order valence-electron chi connectivity index (χ1n) is 5.24. The van der Waals surface area contributed by atoms with Crippen molar-refractivity contribution in [1.29, 1.82) is 0 Å². The lowest BCUT2D eigenvalue weighted by molar-refractivity contribution is -0.0345. The quantitative estimate of drug-likeness (QED) is 0.514. The minimum absolute atomic E-state index is 0.00986. The van der Waals surface area contributed by atoms with Crippen LogP contribution in [0.25, 0.3) is 0 Å².